The predicted octanol–water partition coefficient (Wildman–Crippen LogP) is 3.90. The van der Waals surface area contributed by atoms with Crippen LogP contribution in [0.2, 0.25) is 0 Å². The molecule has 0 saturated heterocycles. The lowest BCUT2D eigenvalue weighted by atomic mass is 10.0. The average Bonchev–Trinajstić information content (AvgIpc) is 2.55. The fraction of sp³-hybridized carbons (Fsp3) is 0.455. The molecule has 0 aliphatic heterocycles. The number of hydrogen-bond acceptors (Lipinski definition) is 4. The summed E-state index contributed by atoms with van der Waals surface area (Å²) in [5.41, 5.74) is 6.56. The molecule has 0 aromatic heterocycles. The fourth-order valence-electron chi connectivity index (χ4n) is 3.06. The minimum absolute atomic E-state index is 0.369. The Morgan fingerprint density at radius 3 is 1.27 bits per heavy atom. The van der Waals surface area contributed by atoms with E-state index in [2.05, 4.69) is 49.9 Å². The molecule has 0 heterocycles. The summed E-state index contributed by atoms with van der Waals surface area (Å²) in [4.78, 5) is 4.42. The molecule has 0 saturated carbocycles. The smallest absolute Gasteiger partial charge is 0.120 e. The van der Waals surface area contributed by atoms with Crippen molar-refractivity contribution >= 4 is 0 Å². The summed E-state index contributed by atoms with van der Waals surface area (Å²) >= 11 is 0. The Kier molecular flexibility index (Phi) is 6.68. The maximum absolute atomic E-state index is 10.2. The summed E-state index contributed by atoms with van der Waals surface area (Å²) in [5.74, 6) is 0.738. The zero-order chi connectivity index (χ0) is 19.4. The maximum Gasteiger partial charge on any atom is 0.120 e. The Morgan fingerprint density at radius 1 is 0.615 bits per heavy atom. The highest BCUT2D eigenvalue weighted by Gasteiger charge is 2.10. The molecule has 2 aromatic rings. The van der Waals surface area contributed by atoms with E-state index in [1.54, 1.807) is 0 Å². The molecule has 0 bridgehead atoms. The molecule has 0 unspecified atom stereocenters. The van der Waals surface area contributed by atoms with E-state index in [0.717, 1.165) is 48.4 Å². The van der Waals surface area contributed by atoms with Gasteiger partial charge in [-0.05, 0) is 76.2 Å². The minimum Gasteiger partial charge on any atom is -0.508 e. The first-order chi connectivity index (χ1) is 12.2. The summed E-state index contributed by atoms with van der Waals surface area (Å²) in [6.07, 6.45) is 0. The number of nitrogens with zero attached hydrogens (tertiary/aromatic N) is 2. The van der Waals surface area contributed by atoms with Gasteiger partial charge in [-0.15, -0.1) is 0 Å². The van der Waals surface area contributed by atoms with E-state index in [9.17, 15) is 10.2 Å². The second-order valence-electron chi connectivity index (χ2n) is 7.61. The van der Waals surface area contributed by atoms with Gasteiger partial charge in [-0.3, -0.25) is 0 Å². The zero-order valence-corrected chi connectivity index (χ0v) is 16.9. The van der Waals surface area contributed by atoms with Gasteiger partial charge in [0.15, 0.2) is 0 Å². The second kappa shape index (κ2) is 8.56. The van der Waals surface area contributed by atoms with Crippen LogP contribution in [0, 0.1) is 27.7 Å². The molecular weight excluding hydrogens is 324 g/mol. The van der Waals surface area contributed by atoms with Gasteiger partial charge in [-0.2, -0.15) is 0 Å². The van der Waals surface area contributed by atoms with Gasteiger partial charge in [-0.1, -0.05) is 12.1 Å². The Labute approximate surface area is 157 Å². The quantitative estimate of drug-likeness (QED) is 0.790. The number of benzene rings is 2. The number of aryl methyl sites for hydroxylation is 4. The van der Waals surface area contributed by atoms with Crippen LogP contribution in [-0.2, 0) is 13.1 Å². The summed E-state index contributed by atoms with van der Waals surface area (Å²) in [7, 11) is 4.13. The van der Waals surface area contributed by atoms with Gasteiger partial charge in [0, 0.05) is 37.3 Å². The van der Waals surface area contributed by atoms with Crippen LogP contribution in [-0.4, -0.2) is 47.2 Å². The number of aromatic hydroxyl groups is 2. The molecule has 0 amide bonds. The van der Waals surface area contributed by atoms with Crippen LogP contribution in [0.4, 0.5) is 0 Å². The molecule has 2 aromatic carbocycles. The van der Waals surface area contributed by atoms with E-state index in [1.807, 2.05) is 26.0 Å². The zero-order valence-electron chi connectivity index (χ0n) is 16.9. The van der Waals surface area contributed by atoms with Crippen molar-refractivity contribution < 1.29 is 10.2 Å². The monoisotopic (exact) mass is 356 g/mol. The van der Waals surface area contributed by atoms with Crippen molar-refractivity contribution in [2.75, 3.05) is 27.2 Å². The highest BCUT2D eigenvalue weighted by Crippen LogP contribution is 2.24. The summed E-state index contributed by atoms with van der Waals surface area (Å²) in [6, 6.07) is 7.82. The standard InChI is InChI=1S/C22H32N2O2/c1-15-9-19(21(25)11-17(15)3)13-23(5)7-8-24(6)14-20-10-16(2)18(4)12-22(20)26/h9-12,25-26H,7-8,13-14H2,1-6H3. The molecule has 0 radical (unpaired) electrons. The van der Waals surface area contributed by atoms with Gasteiger partial charge < -0.3 is 20.0 Å². The third-order valence-electron chi connectivity index (χ3n) is 5.13. The van der Waals surface area contributed by atoms with Crippen molar-refractivity contribution in [2.24, 2.45) is 0 Å². The van der Waals surface area contributed by atoms with Crippen LogP contribution in [0.1, 0.15) is 33.4 Å². The van der Waals surface area contributed by atoms with E-state index in [1.165, 1.54) is 11.1 Å². The average molecular weight is 357 g/mol. The first-order valence-corrected chi connectivity index (χ1v) is 9.12. The van der Waals surface area contributed by atoms with Crippen LogP contribution in [0.5, 0.6) is 11.5 Å². The Bertz CT molecular complexity index is 706. The molecule has 4 heteroatoms. The Morgan fingerprint density at radius 2 is 0.923 bits per heavy atom. The molecule has 26 heavy (non-hydrogen) atoms. The number of phenolic OH excluding ortho intramolecular Hbond substituents is 2. The van der Waals surface area contributed by atoms with Crippen LogP contribution < -0.4 is 0 Å². The van der Waals surface area contributed by atoms with Gasteiger partial charge in [0.05, 0.1) is 0 Å². The van der Waals surface area contributed by atoms with Crippen molar-refractivity contribution in [1.29, 1.82) is 0 Å². The normalized spacial score (nSPS) is 11.5. The third kappa shape index (κ3) is 5.23. The van der Waals surface area contributed by atoms with E-state index in [0.29, 0.717) is 11.5 Å². The second-order valence-corrected chi connectivity index (χ2v) is 7.61. The lowest BCUT2D eigenvalue weighted by Crippen LogP contribution is -2.30. The first-order valence-electron chi connectivity index (χ1n) is 9.12. The molecule has 142 valence electrons. The van der Waals surface area contributed by atoms with E-state index >= 15 is 0 Å². The van der Waals surface area contributed by atoms with Crippen molar-refractivity contribution in [1.82, 2.24) is 9.80 Å². The Hall–Kier alpha value is -2.04. The highest BCUT2D eigenvalue weighted by atomic mass is 16.3. The lowest BCUT2D eigenvalue weighted by Gasteiger charge is -2.23. The van der Waals surface area contributed by atoms with E-state index in [-0.39, 0.29) is 0 Å². The van der Waals surface area contributed by atoms with Gasteiger partial charge in [0.2, 0.25) is 0 Å². The number of likely N-dealkylation sites (N-methyl/N-ethyl adjacent to an activating group) is 2. The summed E-state index contributed by atoms with van der Waals surface area (Å²) < 4.78 is 0. The van der Waals surface area contributed by atoms with Crippen molar-refractivity contribution in [3.63, 3.8) is 0 Å². The summed E-state index contributed by atoms with van der Waals surface area (Å²) in [6.45, 7) is 11.4. The molecule has 0 spiro atoms. The van der Waals surface area contributed by atoms with Crippen molar-refractivity contribution in [2.45, 2.75) is 40.8 Å². The molecular formula is C22H32N2O2. The fourth-order valence-corrected chi connectivity index (χ4v) is 3.06. The lowest BCUT2D eigenvalue weighted by molar-refractivity contribution is 0.243. The molecule has 0 fully saturated rings. The molecule has 0 aliphatic rings. The highest BCUT2D eigenvalue weighted by molar-refractivity contribution is 5.41. The van der Waals surface area contributed by atoms with Crippen molar-refractivity contribution in [3.8, 4) is 11.5 Å². The van der Waals surface area contributed by atoms with Crippen LogP contribution in [0.3, 0.4) is 0 Å². The number of rotatable bonds is 7. The topological polar surface area (TPSA) is 46.9 Å². The number of phenols is 2. The first kappa shape index (κ1) is 20.3. The van der Waals surface area contributed by atoms with Crippen LogP contribution >= 0.6 is 0 Å². The van der Waals surface area contributed by atoms with Crippen LogP contribution in [0.25, 0.3) is 0 Å². The number of hydrogen-bond donors (Lipinski definition) is 2. The van der Waals surface area contributed by atoms with Gasteiger partial charge in [0.1, 0.15) is 11.5 Å². The van der Waals surface area contributed by atoms with E-state index in [4.69, 9.17) is 0 Å². The summed E-state index contributed by atoms with van der Waals surface area (Å²) in [5, 5.41) is 20.3. The maximum atomic E-state index is 10.2. The Balaban J connectivity index is 1.90. The SMILES string of the molecule is Cc1cc(O)c(CN(C)CCN(C)Cc2cc(C)c(C)cc2O)cc1C. The van der Waals surface area contributed by atoms with Gasteiger partial charge >= 0.3 is 0 Å². The predicted molar refractivity (Wildman–Crippen MR) is 108 cm³/mol. The van der Waals surface area contributed by atoms with Crippen LogP contribution in [0.15, 0.2) is 24.3 Å². The molecule has 0 aliphatic carbocycles. The molecule has 2 N–H and O–H groups in total. The van der Waals surface area contributed by atoms with Gasteiger partial charge in [0.25, 0.3) is 0 Å². The van der Waals surface area contributed by atoms with Gasteiger partial charge in [-0.25, -0.2) is 0 Å². The molecule has 4 nitrogen and oxygen atoms in total. The minimum atomic E-state index is 0.369. The molecule has 0 atom stereocenters. The third-order valence-corrected chi connectivity index (χ3v) is 5.13. The largest absolute Gasteiger partial charge is 0.508 e. The molecule has 2 rings (SSSR count). The van der Waals surface area contributed by atoms with Crippen molar-refractivity contribution in [3.05, 3.63) is 57.6 Å². The van der Waals surface area contributed by atoms with E-state index < -0.39 is 0 Å².